The van der Waals surface area contributed by atoms with E-state index in [4.69, 9.17) is 4.42 Å². The van der Waals surface area contributed by atoms with E-state index < -0.39 is 12.1 Å². The quantitative estimate of drug-likeness (QED) is 0.859. The summed E-state index contributed by atoms with van der Waals surface area (Å²) in [4.78, 5) is 11.3. The number of hydrogen-bond acceptors (Lipinski definition) is 4. The zero-order valence-electron chi connectivity index (χ0n) is 10.5. The summed E-state index contributed by atoms with van der Waals surface area (Å²) in [5.41, 5.74) is 2.40. The molecule has 98 valence electrons. The summed E-state index contributed by atoms with van der Waals surface area (Å²) in [6.45, 7) is 0. The lowest BCUT2D eigenvalue weighted by molar-refractivity contribution is 0.0548. The van der Waals surface area contributed by atoms with Crippen molar-refractivity contribution in [1.29, 1.82) is 0 Å². The maximum absolute atomic E-state index is 11.3. The lowest BCUT2D eigenvalue weighted by atomic mass is 9.74. The highest BCUT2D eigenvalue weighted by molar-refractivity contribution is 5.86. The molecule has 1 heterocycles. The van der Waals surface area contributed by atoms with Crippen LogP contribution in [0.2, 0.25) is 0 Å². The Labute approximate surface area is 110 Å². The summed E-state index contributed by atoms with van der Waals surface area (Å²) in [7, 11) is 1.29. The predicted octanol–water partition coefficient (Wildman–Crippen LogP) is 2.44. The number of benzene rings is 1. The summed E-state index contributed by atoms with van der Waals surface area (Å²) in [6, 6.07) is 11.2. The van der Waals surface area contributed by atoms with Crippen LogP contribution >= 0.6 is 0 Å². The van der Waals surface area contributed by atoms with Gasteiger partial charge in [0.15, 0.2) is 0 Å². The van der Waals surface area contributed by atoms with Crippen LogP contribution in [0.15, 0.2) is 40.8 Å². The van der Waals surface area contributed by atoms with Crippen molar-refractivity contribution in [3.8, 4) is 0 Å². The van der Waals surface area contributed by atoms with Crippen molar-refractivity contribution in [3.63, 3.8) is 0 Å². The number of esters is 1. The lowest BCUT2D eigenvalue weighted by Crippen LogP contribution is -2.23. The minimum Gasteiger partial charge on any atom is -0.463 e. The van der Waals surface area contributed by atoms with Crippen LogP contribution in [0.1, 0.15) is 39.5 Å². The van der Waals surface area contributed by atoms with E-state index in [1.165, 1.54) is 18.7 Å². The summed E-state index contributed by atoms with van der Waals surface area (Å²) in [6.07, 6.45) is 0.0966. The number of carbonyl (C=O) groups is 1. The average Bonchev–Trinajstić information content (AvgIpc) is 2.89. The molecule has 1 aromatic carbocycles. The Morgan fingerprint density at radius 2 is 2.16 bits per heavy atom. The molecule has 0 saturated carbocycles. The van der Waals surface area contributed by atoms with Gasteiger partial charge in [0.05, 0.1) is 7.11 Å². The molecule has 0 aliphatic heterocycles. The van der Waals surface area contributed by atoms with Gasteiger partial charge in [0.2, 0.25) is 5.76 Å². The van der Waals surface area contributed by atoms with E-state index in [2.05, 4.69) is 10.8 Å². The Balaban J connectivity index is 1.81. The number of aliphatic hydroxyl groups is 1. The number of ether oxygens (including phenoxy) is 1. The van der Waals surface area contributed by atoms with Gasteiger partial charge in [0, 0.05) is 5.92 Å². The van der Waals surface area contributed by atoms with E-state index in [1.54, 1.807) is 6.07 Å². The van der Waals surface area contributed by atoms with Gasteiger partial charge in [-0.3, -0.25) is 0 Å². The SMILES string of the molecule is COC(=O)c1ccc(C(O)C2Cc3ccccc32)o1. The number of fused-ring (bicyclic) bond motifs is 1. The second-order valence-electron chi connectivity index (χ2n) is 4.65. The topological polar surface area (TPSA) is 59.7 Å². The number of furan rings is 1. The average molecular weight is 258 g/mol. The molecule has 0 bridgehead atoms. The van der Waals surface area contributed by atoms with Crippen LogP contribution in [-0.4, -0.2) is 18.2 Å². The highest BCUT2D eigenvalue weighted by Gasteiger charge is 2.34. The van der Waals surface area contributed by atoms with Crippen molar-refractivity contribution >= 4 is 5.97 Å². The molecular formula is C15H14O4. The summed E-state index contributed by atoms with van der Waals surface area (Å²) in [5.74, 6) is 0.0179. The summed E-state index contributed by atoms with van der Waals surface area (Å²) in [5, 5.41) is 10.3. The van der Waals surface area contributed by atoms with Crippen LogP contribution in [-0.2, 0) is 11.2 Å². The van der Waals surface area contributed by atoms with Crippen molar-refractivity contribution in [1.82, 2.24) is 0 Å². The first-order valence-electron chi connectivity index (χ1n) is 6.14. The molecule has 1 aromatic heterocycles. The van der Waals surface area contributed by atoms with Crippen LogP contribution in [0.4, 0.5) is 0 Å². The number of aliphatic hydroxyl groups excluding tert-OH is 1. The third-order valence-electron chi connectivity index (χ3n) is 3.58. The molecule has 1 aliphatic carbocycles. The summed E-state index contributed by atoms with van der Waals surface area (Å²) >= 11 is 0. The third-order valence-corrected chi connectivity index (χ3v) is 3.58. The van der Waals surface area contributed by atoms with Gasteiger partial charge >= 0.3 is 5.97 Å². The second-order valence-corrected chi connectivity index (χ2v) is 4.65. The Morgan fingerprint density at radius 1 is 1.37 bits per heavy atom. The fourth-order valence-corrected chi connectivity index (χ4v) is 2.50. The van der Waals surface area contributed by atoms with Gasteiger partial charge in [-0.2, -0.15) is 0 Å². The van der Waals surface area contributed by atoms with Gasteiger partial charge < -0.3 is 14.3 Å². The van der Waals surface area contributed by atoms with Gasteiger partial charge in [-0.05, 0) is 29.7 Å². The maximum Gasteiger partial charge on any atom is 0.373 e. The molecule has 2 aromatic rings. The van der Waals surface area contributed by atoms with Gasteiger partial charge in [-0.25, -0.2) is 4.79 Å². The Kier molecular flexibility index (Phi) is 2.87. The minimum atomic E-state index is -0.728. The lowest BCUT2D eigenvalue weighted by Gasteiger charge is -2.32. The van der Waals surface area contributed by atoms with E-state index >= 15 is 0 Å². The molecule has 0 radical (unpaired) electrons. The molecule has 4 nitrogen and oxygen atoms in total. The van der Waals surface area contributed by atoms with E-state index in [9.17, 15) is 9.90 Å². The highest BCUT2D eigenvalue weighted by atomic mass is 16.5. The van der Waals surface area contributed by atoms with Crippen LogP contribution in [0.3, 0.4) is 0 Å². The van der Waals surface area contributed by atoms with E-state index in [0.717, 1.165) is 12.0 Å². The minimum absolute atomic E-state index is 0.0350. The zero-order valence-corrected chi connectivity index (χ0v) is 10.5. The molecule has 0 fully saturated rings. The first-order chi connectivity index (χ1) is 9.20. The normalized spacial score (nSPS) is 18.3. The number of carbonyl (C=O) groups excluding carboxylic acids is 1. The van der Waals surface area contributed by atoms with Crippen molar-refractivity contribution < 1.29 is 19.1 Å². The van der Waals surface area contributed by atoms with Crippen LogP contribution in [0.5, 0.6) is 0 Å². The van der Waals surface area contributed by atoms with Crippen molar-refractivity contribution in [2.24, 2.45) is 0 Å². The van der Waals surface area contributed by atoms with Crippen LogP contribution in [0, 0.1) is 0 Å². The zero-order chi connectivity index (χ0) is 13.4. The standard InChI is InChI=1S/C15H14O4/c1-18-15(17)13-7-6-12(19-13)14(16)11-8-9-4-2-3-5-10(9)11/h2-7,11,14,16H,8H2,1H3. The third kappa shape index (κ3) is 1.94. The Morgan fingerprint density at radius 3 is 2.89 bits per heavy atom. The van der Waals surface area contributed by atoms with Gasteiger partial charge in [-0.1, -0.05) is 24.3 Å². The first kappa shape index (κ1) is 12.0. The molecule has 0 spiro atoms. The molecule has 0 amide bonds. The Hall–Kier alpha value is -2.07. The largest absolute Gasteiger partial charge is 0.463 e. The predicted molar refractivity (Wildman–Crippen MR) is 67.9 cm³/mol. The molecule has 4 heteroatoms. The van der Waals surface area contributed by atoms with Crippen molar-refractivity contribution in [2.75, 3.05) is 7.11 Å². The van der Waals surface area contributed by atoms with Gasteiger partial charge in [-0.15, -0.1) is 0 Å². The highest BCUT2D eigenvalue weighted by Crippen LogP contribution is 2.43. The fourth-order valence-electron chi connectivity index (χ4n) is 2.50. The molecule has 2 atom stereocenters. The monoisotopic (exact) mass is 258 g/mol. The van der Waals surface area contributed by atoms with E-state index in [0.29, 0.717) is 5.76 Å². The van der Waals surface area contributed by atoms with E-state index in [-0.39, 0.29) is 11.7 Å². The molecule has 1 N–H and O–H groups in total. The molecule has 19 heavy (non-hydrogen) atoms. The molecule has 2 unspecified atom stereocenters. The van der Waals surface area contributed by atoms with Gasteiger partial charge in [0.1, 0.15) is 11.9 Å². The molecule has 1 aliphatic rings. The number of methoxy groups -OCH3 is 1. The number of rotatable bonds is 3. The maximum atomic E-state index is 11.3. The van der Waals surface area contributed by atoms with Crippen LogP contribution in [0.25, 0.3) is 0 Å². The first-order valence-corrected chi connectivity index (χ1v) is 6.14. The molecular weight excluding hydrogens is 244 g/mol. The van der Waals surface area contributed by atoms with Crippen LogP contribution < -0.4 is 0 Å². The van der Waals surface area contributed by atoms with Crippen molar-refractivity contribution in [2.45, 2.75) is 18.4 Å². The fraction of sp³-hybridized carbons (Fsp3) is 0.267. The number of hydrogen-bond donors (Lipinski definition) is 1. The molecule has 3 rings (SSSR count). The Bertz CT molecular complexity index is 614. The smallest absolute Gasteiger partial charge is 0.373 e. The van der Waals surface area contributed by atoms with E-state index in [1.807, 2.05) is 18.2 Å². The molecule has 0 saturated heterocycles. The second kappa shape index (κ2) is 4.55. The van der Waals surface area contributed by atoms with Crippen molar-refractivity contribution in [3.05, 3.63) is 59.0 Å². The summed E-state index contributed by atoms with van der Waals surface area (Å²) < 4.78 is 9.92. The van der Waals surface area contributed by atoms with Gasteiger partial charge in [0.25, 0.3) is 0 Å².